The number of rotatable bonds is 5. The number of aromatic amines is 1. The molecule has 0 aliphatic rings. The number of benzene rings is 1. The summed E-state index contributed by atoms with van der Waals surface area (Å²) in [5, 5.41) is 0. The van der Waals surface area contributed by atoms with Crippen LogP contribution in [0.15, 0.2) is 12.1 Å². The molecule has 0 fully saturated rings. The highest BCUT2D eigenvalue weighted by atomic mass is 19.2. The van der Waals surface area contributed by atoms with E-state index >= 15 is 0 Å². The molecule has 3 N–H and O–H groups in total. The highest BCUT2D eigenvalue weighted by Gasteiger charge is 2.18. The van der Waals surface area contributed by atoms with Crippen molar-refractivity contribution in [1.29, 1.82) is 0 Å². The van der Waals surface area contributed by atoms with E-state index in [1.165, 1.54) is 6.07 Å². The Labute approximate surface area is 111 Å². The van der Waals surface area contributed by atoms with Crippen molar-refractivity contribution in [3.63, 3.8) is 0 Å². The summed E-state index contributed by atoms with van der Waals surface area (Å²) in [7, 11) is 0. The number of aromatic nitrogens is 2. The molecule has 0 spiro atoms. The Morgan fingerprint density at radius 2 is 2.00 bits per heavy atom. The van der Waals surface area contributed by atoms with Crippen LogP contribution in [0.3, 0.4) is 0 Å². The quantitative estimate of drug-likeness (QED) is 0.874. The lowest BCUT2D eigenvalue weighted by molar-refractivity contribution is 0.311. The SMILES string of the molecule is CC(C)(CCN)CCc1nc2c(F)c(F)ccc2[nH]1. The summed E-state index contributed by atoms with van der Waals surface area (Å²) in [5.41, 5.74) is 6.30. The molecule has 0 radical (unpaired) electrons. The van der Waals surface area contributed by atoms with E-state index in [0.717, 1.165) is 18.9 Å². The number of nitrogens with two attached hydrogens (primary N) is 1. The highest BCUT2D eigenvalue weighted by molar-refractivity contribution is 5.75. The number of halogens is 2. The van der Waals surface area contributed by atoms with Gasteiger partial charge in [-0.25, -0.2) is 13.8 Å². The molecule has 3 nitrogen and oxygen atoms in total. The summed E-state index contributed by atoms with van der Waals surface area (Å²) >= 11 is 0. The number of aryl methyl sites for hydroxylation is 1. The zero-order valence-electron chi connectivity index (χ0n) is 11.3. The summed E-state index contributed by atoms with van der Waals surface area (Å²) in [6, 6.07) is 2.62. The lowest BCUT2D eigenvalue weighted by Crippen LogP contribution is -2.18. The van der Waals surface area contributed by atoms with Crippen LogP contribution in [-0.4, -0.2) is 16.5 Å². The van der Waals surface area contributed by atoms with E-state index in [-0.39, 0.29) is 10.9 Å². The molecule has 1 aromatic heterocycles. The van der Waals surface area contributed by atoms with E-state index in [1.54, 1.807) is 0 Å². The average Bonchev–Trinajstić information content (AvgIpc) is 2.76. The van der Waals surface area contributed by atoms with Crippen molar-refractivity contribution in [3.8, 4) is 0 Å². The van der Waals surface area contributed by atoms with Crippen LogP contribution in [0, 0.1) is 17.0 Å². The summed E-state index contributed by atoms with van der Waals surface area (Å²) in [5.74, 6) is -1.07. The summed E-state index contributed by atoms with van der Waals surface area (Å²) in [6.07, 6.45) is 2.52. The van der Waals surface area contributed by atoms with Gasteiger partial charge in [0.2, 0.25) is 0 Å². The van der Waals surface area contributed by atoms with Crippen LogP contribution in [-0.2, 0) is 6.42 Å². The fourth-order valence-corrected chi connectivity index (χ4v) is 2.16. The molecule has 0 aliphatic heterocycles. The van der Waals surface area contributed by atoms with Crippen LogP contribution in [0.4, 0.5) is 8.78 Å². The van der Waals surface area contributed by atoms with Gasteiger partial charge >= 0.3 is 0 Å². The van der Waals surface area contributed by atoms with Crippen molar-refractivity contribution in [2.75, 3.05) is 6.54 Å². The van der Waals surface area contributed by atoms with Crippen LogP contribution >= 0.6 is 0 Å². The number of hydrogen-bond donors (Lipinski definition) is 2. The van der Waals surface area contributed by atoms with Gasteiger partial charge in [0.05, 0.1) is 5.52 Å². The molecule has 0 aliphatic carbocycles. The van der Waals surface area contributed by atoms with Gasteiger partial charge in [-0.2, -0.15) is 0 Å². The predicted molar refractivity (Wildman–Crippen MR) is 71.8 cm³/mol. The molecule has 5 heteroatoms. The van der Waals surface area contributed by atoms with Gasteiger partial charge in [-0.15, -0.1) is 0 Å². The van der Waals surface area contributed by atoms with E-state index < -0.39 is 11.6 Å². The van der Waals surface area contributed by atoms with Gasteiger partial charge in [0.25, 0.3) is 0 Å². The van der Waals surface area contributed by atoms with Gasteiger partial charge < -0.3 is 10.7 Å². The lowest BCUT2D eigenvalue weighted by Gasteiger charge is -2.22. The van der Waals surface area contributed by atoms with Crippen molar-refractivity contribution in [2.24, 2.45) is 11.1 Å². The summed E-state index contributed by atoms with van der Waals surface area (Å²) in [4.78, 5) is 7.16. The Balaban J connectivity index is 2.16. The maximum atomic E-state index is 13.5. The minimum Gasteiger partial charge on any atom is -0.342 e. The van der Waals surface area contributed by atoms with Gasteiger partial charge in [-0.1, -0.05) is 13.8 Å². The number of nitrogens with one attached hydrogen (secondary N) is 1. The van der Waals surface area contributed by atoms with Gasteiger partial charge in [0.1, 0.15) is 11.3 Å². The fourth-order valence-electron chi connectivity index (χ4n) is 2.16. The smallest absolute Gasteiger partial charge is 0.186 e. The Morgan fingerprint density at radius 3 is 2.68 bits per heavy atom. The van der Waals surface area contributed by atoms with E-state index in [4.69, 9.17) is 5.73 Å². The second-order valence-electron chi connectivity index (χ2n) is 5.64. The van der Waals surface area contributed by atoms with Crippen molar-refractivity contribution in [1.82, 2.24) is 9.97 Å². The number of hydrogen-bond acceptors (Lipinski definition) is 2. The monoisotopic (exact) mass is 267 g/mol. The number of H-pyrrole nitrogens is 1. The molecule has 1 heterocycles. The average molecular weight is 267 g/mol. The Bertz CT molecular complexity index is 575. The van der Waals surface area contributed by atoms with E-state index in [0.29, 0.717) is 24.3 Å². The van der Waals surface area contributed by atoms with Crippen molar-refractivity contribution in [2.45, 2.75) is 33.1 Å². The molecular weight excluding hydrogens is 248 g/mol. The van der Waals surface area contributed by atoms with Gasteiger partial charge in [0, 0.05) is 6.42 Å². The minimum atomic E-state index is -0.888. The number of nitrogens with zero attached hydrogens (tertiary/aromatic N) is 1. The fraction of sp³-hybridized carbons (Fsp3) is 0.500. The minimum absolute atomic E-state index is 0.0756. The first-order valence-electron chi connectivity index (χ1n) is 6.45. The largest absolute Gasteiger partial charge is 0.342 e. The van der Waals surface area contributed by atoms with Crippen LogP contribution in [0.25, 0.3) is 11.0 Å². The lowest BCUT2D eigenvalue weighted by atomic mass is 9.84. The molecule has 19 heavy (non-hydrogen) atoms. The molecule has 0 saturated carbocycles. The van der Waals surface area contributed by atoms with Crippen LogP contribution in [0.1, 0.15) is 32.5 Å². The zero-order chi connectivity index (χ0) is 14.0. The third-order valence-electron chi connectivity index (χ3n) is 3.45. The maximum absolute atomic E-state index is 13.5. The topological polar surface area (TPSA) is 54.7 Å². The summed E-state index contributed by atoms with van der Waals surface area (Å²) in [6.45, 7) is 4.93. The zero-order valence-corrected chi connectivity index (χ0v) is 11.3. The van der Waals surface area contributed by atoms with Crippen molar-refractivity contribution >= 4 is 11.0 Å². The molecule has 2 rings (SSSR count). The molecule has 0 amide bonds. The van der Waals surface area contributed by atoms with Crippen LogP contribution < -0.4 is 5.73 Å². The van der Waals surface area contributed by atoms with Crippen molar-refractivity contribution in [3.05, 3.63) is 29.6 Å². The normalized spacial score (nSPS) is 12.3. The van der Waals surface area contributed by atoms with Crippen LogP contribution in [0.2, 0.25) is 0 Å². The molecule has 0 bridgehead atoms. The van der Waals surface area contributed by atoms with Crippen molar-refractivity contribution < 1.29 is 8.78 Å². The molecule has 104 valence electrons. The third-order valence-corrected chi connectivity index (χ3v) is 3.45. The predicted octanol–water partition coefficient (Wildman–Crippen LogP) is 3.15. The molecule has 1 aromatic carbocycles. The molecule has 0 unspecified atom stereocenters. The van der Waals surface area contributed by atoms with Gasteiger partial charge in [0.15, 0.2) is 11.6 Å². The third kappa shape index (κ3) is 3.10. The number of fused-ring (bicyclic) bond motifs is 1. The molecule has 0 atom stereocenters. The summed E-state index contributed by atoms with van der Waals surface area (Å²) < 4.78 is 26.6. The van der Waals surface area contributed by atoms with E-state index in [1.807, 2.05) is 0 Å². The Hall–Kier alpha value is -1.49. The Kier molecular flexibility index (Phi) is 3.85. The Morgan fingerprint density at radius 1 is 1.26 bits per heavy atom. The first kappa shape index (κ1) is 13.9. The van der Waals surface area contributed by atoms with E-state index in [9.17, 15) is 8.78 Å². The first-order chi connectivity index (χ1) is 8.93. The molecular formula is C14H19F2N3. The highest BCUT2D eigenvalue weighted by Crippen LogP contribution is 2.26. The van der Waals surface area contributed by atoms with E-state index in [2.05, 4.69) is 23.8 Å². The van der Waals surface area contributed by atoms with Gasteiger partial charge in [-0.3, -0.25) is 0 Å². The maximum Gasteiger partial charge on any atom is 0.186 e. The second kappa shape index (κ2) is 5.25. The standard InChI is InChI=1S/C14H19F2N3/c1-14(2,7-8-17)6-5-11-18-10-4-3-9(15)12(16)13(10)19-11/h3-4H,5-8,17H2,1-2H3,(H,18,19). The molecule has 2 aromatic rings. The number of imidazole rings is 1. The second-order valence-corrected chi connectivity index (χ2v) is 5.64. The molecule has 0 saturated heterocycles. The van der Waals surface area contributed by atoms with Gasteiger partial charge in [-0.05, 0) is 36.9 Å². The first-order valence-corrected chi connectivity index (χ1v) is 6.45. The van der Waals surface area contributed by atoms with Crippen LogP contribution in [0.5, 0.6) is 0 Å².